The van der Waals surface area contributed by atoms with E-state index in [9.17, 15) is 9.59 Å². The van der Waals surface area contributed by atoms with Gasteiger partial charge in [0.25, 0.3) is 5.91 Å². The number of carbonyl (C=O) groups is 2. The van der Waals surface area contributed by atoms with Gasteiger partial charge in [0.05, 0.1) is 12.8 Å². The largest absolute Gasteiger partial charge is 0.497 e. The average Bonchev–Trinajstić information content (AvgIpc) is 3.34. The molecule has 0 saturated carbocycles. The Balaban J connectivity index is 1.37. The van der Waals surface area contributed by atoms with Crippen LogP contribution in [0.1, 0.15) is 49.9 Å². The lowest BCUT2D eigenvalue weighted by molar-refractivity contribution is -0.134. The van der Waals surface area contributed by atoms with Gasteiger partial charge < -0.3 is 10.1 Å². The first-order chi connectivity index (χ1) is 16.4. The van der Waals surface area contributed by atoms with E-state index >= 15 is 0 Å². The zero-order chi connectivity index (χ0) is 24.3. The van der Waals surface area contributed by atoms with Gasteiger partial charge in [-0.25, -0.2) is 4.79 Å². The molecule has 0 unspecified atom stereocenters. The molecule has 8 heteroatoms. The van der Waals surface area contributed by atoms with Crippen molar-refractivity contribution in [2.45, 2.75) is 65.1 Å². The first-order valence-corrected chi connectivity index (χ1v) is 12.4. The molecule has 34 heavy (non-hydrogen) atoms. The van der Waals surface area contributed by atoms with Crippen molar-refractivity contribution in [1.82, 2.24) is 24.9 Å². The van der Waals surface area contributed by atoms with Crippen molar-refractivity contribution < 1.29 is 14.3 Å². The van der Waals surface area contributed by atoms with E-state index in [1.54, 1.807) is 7.11 Å². The summed E-state index contributed by atoms with van der Waals surface area (Å²) in [6, 6.07) is 7.50. The molecule has 0 spiro atoms. The summed E-state index contributed by atoms with van der Waals surface area (Å²) in [5, 5.41) is 7.67. The fourth-order valence-electron chi connectivity index (χ4n) is 5.39. The Hall–Kier alpha value is -2.87. The number of aryl methyl sites for hydroxylation is 2. The third-order valence-corrected chi connectivity index (χ3v) is 7.59. The quantitative estimate of drug-likeness (QED) is 0.572. The molecule has 1 aromatic heterocycles. The summed E-state index contributed by atoms with van der Waals surface area (Å²) in [6.07, 6.45) is 5.17. The SMILES string of the molecule is CCn1cc(CN2CCC([C@]3(CC)NC(=O)N(CCc4ccc(OC)cc4)C3=O)CC2)c(C)n1. The zero-order valence-corrected chi connectivity index (χ0v) is 20.8. The topological polar surface area (TPSA) is 79.7 Å². The highest BCUT2D eigenvalue weighted by molar-refractivity contribution is 6.07. The van der Waals surface area contributed by atoms with E-state index in [2.05, 4.69) is 35.4 Å². The van der Waals surface area contributed by atoms with Crippen LogP contribution in [0.15, 0.2) is 30.5 Å². The Morgan fingerprint density at radius 1 is 1.15 bits per heavy atom. The zero-order valence-electron chi connectivity index (χ0n) is 20.8. The van der Waals surface area contributed by atoms with Crippen LogP contribution in [0.25, 0.3) is 0 Å². The Morgan fingerprint density at radius 2 is 1.85 bits per heavy atom. The van der Waals surface area contributed by atoms with Crippen LogP contribution in [0.2, 0.25) is 0 Å². The van der Waals surface area contributed by atoms with Crippen LogP contribution in [0.5, 0.6) is 5.75 Å². The van der Waals surface area contributed by atoms with Crippen LogP contribution in [-0.4, -0.2) is 63.8 Å². The third kappa shape index (κ3) is 4.69. The summed E-state index contributed by atoms with van der Waals surface area (Å²) >= 11 is 0. The van der Waals surface area contributed by atoms with Gasteiger partial charge in [-0.05, 0) is 76.2 Å². The number of imide groups is 1. The molecule has 3 heterocycles. The maximum Gasteiger partial charge on any atom is 0.325 e. The molecule has 4 rings (SSSR count). The van der Waals surface area contributed by atoms with Gasteiger partial charge in [-0.3, -0.25) is 19.3 Å². The Morgan fingerprint density at radius 3 is 2.44 bits per heavy atom. The lowest BCUT2D eigenvalue weighted by atomic mass is 9.75. The molecule has 2 saturated heterocycles. The van der Waals surface area contributed by atoms with Gasteiger partial charge in [-0.1, -0.05) is 19.1 Å². The number of methoxy groups -OCH3 is 1. The molecule has 0 radical (unpaired) electrons. The normalized spacial score (nSPS) is 21.8. The number of benzene rings is 1. The summed E-state index contributed by atoms with van der Waals surface area (Å²) < 4.78 is 7.19. The summed E-state index contributed by atoms with van der Waals surface area (Å²) in [4.78, 5) is 30.2. The molecule has 2 aliphatic heterocycles. The molecular weight excluding hydrogens is 430 g/mol. The van der Waals surface area contributed by atoms with E-state index < -0.39 is 5.54 Å². The number of nitrogens with one attached hydrogen (secondary N) is 1. The number of carbonyl (C=O) groups excluding carboxylic acids is 2. The Labute approximate surface area is 202 Å². The second-order valence-electron chi connectivity index (χ2n) is 9.46. The lowest BCUT2D eigenvalue weighted by Gasteiger charge is -2.40. The minimum Gasteiger partial charge on any atom is -0.497 e. The van der Waals surface area contributed by atoms with Crippen LogP contribution >= 0.6 is 0 Å². The van der Waals surface area contributed by atoms with E-state index in [1.165, 1.54) is 10.5 Å². The monoisotopic (exact) mass is 467 g/mol. The molecule has 1 atom stereocenters. The van der Waals surface area contributed by atoms with Crippen molar-refractivity contribution in [3.8, 4) is 5.75 Å². The lowest BCUT2D eigenvalue weighted by Crippen LogP contribution is -2.55. The van der Waals surface area contributed by atoms with E-state index in [1.807, 2.05) is 35.9 Å². The van der Waals surface area contributed by atoms with Gasteiger partial charge in [-0.15, -0.1) is 0 Å². The predicted octanol–water partition coefficient (Wildman–Crippen LogP) is 3.38. The summed E-state index contributed by atoms with van der Waals surface area (Å²) in [6.45, 7) is 10.1. The van der Waals surface area contributed by atoms with Crippen molar-refractivity contribution in [2.75, 3.05) is 26.7 Å². The number of hydrogen-bond acceptors (Lipinski definition) is 5. The van der Waals surface area contributed by atoms with E-state index in [4.69, 9.17) is 4.74 Å². The third-order valence-electron chi connectivity index (χ3n) is 7.59. The summed E-state index contributed by atoms with van der Waals surface area (Å²) in [7, 11) is 1.64. The number of ether oxygens (including phenoxy) is 1. The number of hydrogen-bond donors (Lipinski definition) is 1. The smallest absolute Gasteiger partial charge is 0.325 e. The minimum atomic E-state index is -0.786. The number of rotatable bonds is 9. The molecule has 1 N–H and O–H groups in total. The van der Waals surface area contributed by atoms with Crippen LogP contribution in [0.4, 0.5) is 4.79 Å². The Bertz CT molecular complexity index is 1010. The standard InChI is InChI=1S/C26H37N5O3/c1-5-26(22-12-14-29(15-13-22)17-21-18-30(6-2)28-19(21)3)24(32)31(25(33)27-26)16-11-20-7-9-23(34-4)10-8-20/h7-10,18,22H,5-6,11-17H2,1-4H3,(H,27,33)/t26-/m0/s1. The Kier molecular flexibility index (Phi) is 7.26. The number of piperidine rings is 1. The molecule has 2 aromatic rings. The molecule has 0 bridgehead atoms. The molecule has 3 amide bonds. The van der Waals surface area contributed by atoms with E-state index in [0.29, 0.717) is 19.4 Å². The van der Waals surface area contributed by atoms with Crippen LogP contribution in [0, 0.1) is 12.8 Å². The number of likely N-dealkylation sites (tertiary alicyclic amines) is 1. The van der Waals surface area contributed by atoms with Crippen LogP contribution < -0.4 is 10.1 Å². The van der Waals surface area contributed by atoms with Gasteiger partial charge >= 0.3 is 6.03 Å². The van der Waals surface area contributed by atoms with Gasteiger partial charge in [0.15, 0.2) is 0 Å². The summed E-state index contributed by atoms with van der Waals surface area (Å²) in [5.41, 5.74) is 2.64. The fraction of sp³-hybridized carbons (Fsp3) is 0.577. The first kappa shape index (κ1) is 24.3. The predicted molar refractivity (Wildman–Crippen MR) is 131 cm³/mol. The molecule has 184 valence electrons. The van der Waals surface area contributed by atoms with Gasteiger partial charge in [-0.2, -0.15) is 5.10 Å². The molecule has 0 aliphatic carbocycles. The van der Waals surface area contributed by atoms with Crippen molar-refractivity contribution >= 4 is 11.9 Å². The van der Waals surface area contributed by atoms with Crippen molar-refractivity contribution in [1.29, 1.82) is 0 Å². The second kappa shape index (κ2) is 10.2. The maximum atomic E-state index is 13.5. The average molecular weight is 468 g/mol. The highest BCUT2D eigenvalue weighted by Gasteiger charge is 2.54. The molecule has 2 aliphatic rings. The highest BCUT2D eigenvalue weighted by Crippen LogP contribution is 2.36. The van der Waals surface area contributed by atoms with Gasteiger partial charge in [0.2, 0.25) is 0 Å². The van der Waals surface area contributed by atoms with Crippen molar-refractivity contribution in [3.63, 3.8) is 0 Å². The molecule has 1 aromatic carbocycles. The molecule has 8 nitrogen and oxygen atoms in total. The number of aromatic nitrogens is 2. The first-order valence-electron chi connectivity index (χ1n) is 12.4. The minimum absolute atomic E-state index is 0.0629. The van der Waals surface area contributed by atoms with Gasteiger partial charge in [0, 0.05) is 31.4 Å². The van der Waals surface area contributed by atoms with Crippen LogP contribution in [-0.2, 0) is 24.3 Å². The highest BCUT2D eigenvalue weighted by atomic mass is 16.5. The second-order valence-corrected chi connectivity index (χ2v) is 9.46. The number of amides is 3. The number of urea groups is 1. The number of nitrogens with zero attached hydrogens (tertiary/aromatic N) is 4. The van der Waals surface area contributed by atoms with Crippen LogP contribution in [0.3, 0.4) is 0 Å². The molecule has 2 fully saturated rings. The maximum absolute atomic E-state index is 13.5. The van der Waals surface area contributed by atoms with Crippen molar-refractivity contribution in [3.05, 3.63) is 47.3 Å². The summed E-state index contributed by atoms with van der Waals surface area (Å²) in [5.74, 6) is 0.882. The van der Waals surface area contributed by atoms with E-state index in [-0.39, 0.29) is 17.9 Å². The molecular formula is C26H37N5O3. The van der Waals surface area contributed by atoms with Gasteiger partial charge in [0.1, 0.15) is 11.3 Å². The van der Waals surface area contributed by atoms with E-state index in [0.717, 1.165) is 56.0 Å². The fourth-order valence-corrected chi connectivity index (χ4v) is 5.39. The van der Waals surface area contributed by atoms with Crippen molar-refractivity contribution in [2.24, 2.45) is 5.92 Å².